The number of benzene rings is 1. The van der Waals surface area contributed by atoms with Crippen molar-refractivity contribution in [1.29, 1.82) is 0 Å². The van der Waals surface area contributed by atoms with Gasteiger partial charge in [-0.05, 0) is 43.5 Å². The Morgan fingerprint density at radius 3 is 2.67 bits per heavy atom. The van der Waals surface area contributed by atoms with E-state index in [0.29, 0.717) is 17.5 Å². The van der Waals surface area contributed by atoms with Crippen molar-refractivity contribution in [3.63, 3.8) is 0 Å². The molecule has 0 saturated heterocycles. The van der Waals surface area contributed by atoms with Gasteiger partial charge in [0, 0.05) is 16.8 Å². The van der Waals surface area contributed by atoms with E-state index in [1.807, 2.05) is 42.1 Å². The molecule has 0 saturated carbocycles. The van der Waals surface area contributed by atoms with Crippen LogP contribution in [0.4, 0.5) is 5.69 Å². The normalized spacial score (nSPS) is 12.8. The summed E-state index contributed by atoms with van der Waals surface area (Å²) in [7, 11) is -1.12. The van der Waals surface area contributed by atoms with E-state index in [9.17, 15) is 4.21 Å². The lowest BCUT2D eigenvalue weighted by Crippen LogP contribution is -2.08. The van der Waals surface area contributed by atoms with Crippen molar-refractivity contribution >= 4 is 16.5 Å². The number of anilines is 1. The summed E-state index contributed by atoms with van der Waals surface area (Å²) in [5.74, 6) is 0.428. The van der Waals surface area contributed by atoms with E-state index >= 15 is 0 Å². The number of hydrogen-bond donors (Lipinski definition) is 1. The molecule has 0 aliphatic heterocycles. The van der Waals surface area contributed by atoms with Crippen LogP contribution in [0.15, 0.2) is 35.4 Å². The molecule has 0 fully saturated rings. The van der Waals surface area contributed by atoms with E-state index in [2.05, 4.69) is 18.9 Å². The lowest BCUT2D eigenvalue weighted by atomic mass is 10.2. The topological polar surface area (TPSA) is 60.9 Å². The van der Waals surface area contributed by atoms with Crippen molar-refractivity contribution in [2.75, 3.05) is 5.73 Å². The quantitative estimate of drug-likeness (QED) is 0.832. The highest BCUT2D eigenvalue weighted by atomic mass is 32.2. The second-order valence-electron chi connectivity index (χ2n) is 5.22. The van der Waals surface area contributed by atoms with Crippen LogP contribution in [0.25, 0.3) is 0 Å². The zero-order valence-corrected chi connectivity index (χ0v) is 13.7. The Bertz CT molecular complexity index is 632. The van der Waals surface area contributed by atoms with E-state index < -0.39 is 10.8 Å². The molecule has 0 spiro atoms. The van der Waals surface area contributed by atoms with E-state index in [1.165, 1.54) is 0 Å². The van der Waals surface area contributed by atoms with Crippen LogP contribution in [0, 0.1) is 6.92 Å². The highest BCUT2D eigenvalue weighted by Gasteiger charge is 2.13. The zero-order chi connectivity index (χ0) is 15.4. The third-order valence-electron chi connectivity index (χ3n) is 3.83. The molecule has 1 aromatic carbocycles. The third-order valence-corrected chi connectivity index (χ3v) is 5.32. The van der Waals surface area contributed by atoms with Crippen molar-refractivity contribution in [3.05, 3.63) is 41.7 Å². The van der Waals surface area contributed by atoms with Gasteiger partial charge < -0.3 is 5.73 Å². The lowest BCUT2D eigenvalue weighted by Gasteiger charge is -2.12. The molecule has 1 aromatic heterocycles. The van der Waals surface area contributed by atoms with E-state index in [4.69, 9.17) is 5.73 Å². The fourth-order valence-corrected chi connectivity index (χ4v) is 3.68. The molecule has 0 aliphatic carbocycles. The van der Waals surface area contributed by atoms with Crippen LogP contribution >= 0.6 is 0 Å². The number of rotatable bonds is 6. The summed E-state index contributed by atoms with van der Waals surface area (Å²) in [4.78, 5) is 0.798. The second kappa shape index (κ2) is 6.89. The zero-order valence-electron chi connectivity index (χ0n) is 12.9. The van der Waals surface area contributed by atoms with E-state index in [0.717, 1.165) is 29.0 Å². The molecule has 1 atom stereocenters. The lowest BCUT2D eigenvalue weighted by molar-refractivity contribution is 0.426. The summed E-state index contributed by atoms with van der Waals surface area (Å²) in [6, 6.07) is 7.93. The van der Waals surface area contributed by atoms with E-state index in [1.54, 1.807) is 0 Å². The Balaban J connectivity index is 2.15. The SMILES string of the molecule is CCC(CC)n1ccc(CS(=O)c2cccc(N)c2C)n1. The van der Waals surface area contributed by atoms with Gasteiger partial charge in [-0.3, -0.25) is 8.89 Å². The molecule has 0 radical (unpaired) electrons. The van der Waals surface area contributed by atoms with Gasteiger partial charge in [0.15, 0.2) is 0 Å². The maximum absolute atomic E-state index is 12.5. The first kappa shape index (κ1) is 15.8. The maximum atomic E-state index is 12.5. The van der Waals surface area contributed by atoms with Gasteiger partial charge in [0.1, 0.15) is 0 Å². The first-order valence-corrected chi connectivity index (χ1v) is 8.66. The summed E-state index contributed by atoms with van der Waals surface area (Å²) in [5, 5.41) is 4.56. The predicted octanol–water partition coefficient (Wildman–Crippen LogP) is 3.44. The number of nitrogen functional groups attached to an aromatic ring is 1. The molecule has 2 rings (SSSR count). The molecule has 1 unspecified atom stereocenters. The average Bonchev–Trinajstić information content (AvgIpc) is 2.91. The minimum atomic E-state index is -1.12. The first-order valence-electron chi connectivity index (χ1n) is 7.34. The Labute approximate surface area is 128 Å². The molecule has 0 bridgehead atoms. The molecule has 21 heavy (non-hydrogen) atoms. The molecule has 2 N–H and O–H groups in total. The molecule has 4 nitrogen and oxygen atoms in total. The van der Waals surface area contributed by atoms with Crippen LogP contribution in [0.5, 0.6) is 0 Å². The molecule has 5 heteroatoms. The number of nitrogens with zero attached hydrogens (tertiary/aromatic N) is 2. The van der Waals surface area contributed by atoms with E-state index in [-0.39, 0.29) is 0 Å². The summed E-state index contributed by atoms with van der Waals surface area (Å²) in [6.45, 7) is 6.22. The van der Waals surface area contributed by atoms with Gasteiger partial charge in [0.2, 0.25) is 0 Å². The van der Waals surface area contributed by atoms with Gasteiger partial charge in [-0.1, -0.05) is 19.9 Å². The highest BCUT2D eigenvalue weighted by Crippen LogP contribution is 2.21. The molecular formula is C16H23N3OS. The minimum Gasteiger partial charge on any atom is -0.398 e. The summed E-state index contributed by atoms with van der Waals surface area (Å²) in [6.07, 6.45) is 4.08. The first-order chi connectivity index (χ1) is 10.1. The van der Waals surface area contributed by atoms with Crippen LogP contribution < -0.4 is 5.73 Å². The fourth-order valence-electron chi connectivity index (χ4n) is 2.41. The smallest absolute Gasteiger partial charge is 0.0753 e. The molecule has 114 valence electrons. The summed E-state index contributed by atoms with van der Waals surface area (Å²) in [5.41, 5.74) is 8.32. The van der Waals surface area contributed by atoms with Crippen LogP contribution in [-0.2, 0) is 16.6 Å². The second-order valence-corrected chi connectivity index (χ2v) is 6.64. The summed E-state index contributed by atoms with van der Waals surface area (Å²) >= 11 is 0. The van der Waals surface area contributed by atoms with Crippen molar-refractivity contribution in [3.8, 4) is 0 Å². The molecule has 0 aliphatic rings. The monoisotopic (exact) mass is 305 g/mol. The predicted molar refractivity (Wildman–Crippen MR) is 87.5 cm³/mol. The van der Waals surface area contributed by atoms with Crippen molar-refractivity contribution in [2.24, 2.45) is 0 Å². The Hall–Kier alpha value is -1.62. The fraction of sp³-hybridized carbons (Fsp3) is 0.438. The standard InChI is InChI=1S/C16H23N3OS/c1-4-14(5-2)19-10-9-13(18-19)11-21(20)16-8-6-7-15(17)12(16)3/h6-10,14H,4-5,11,17H2,1-3H3. The highest BCUT2D eigenvalue weighted by molar-refractivity contribution is 7.84. The van der Waals surface area contributed by atoms with Gasteiger partial charge in [-0.2, -0.15) is 5.10 Å². The summed E-state index contributed by atoms with van der Waals surface area (Å²) < 4.78 is 14.5. The third kappa shape index (κ3) is 3.53. The van der Waals surface area contributed by atoms with Crippen LogP contribution in [-0.4, -0.2) is 14.0 Å². The van der Waals surface area contributed by atoms with Gasteiger partial charge in [-0.15, -0.1) is 0 Å². The van der Waals surface area contributed by atoms with Crippen molar-refractivity contribution in [1.82, 2.24) is 9.78 Å². The van der Waals surface area contributed by atoms with Gasteiger partial charge >= 0.3 is 0 Å². The number of aromatic nitrogens is 2. The molecule has 1 heterocycles. The Morgan fingerprint density at radius 1 is 1.29 bits per heavy atom. The minimum absolute atomic E-state index is 0.418. The van der Waals surface area contributed by atoms with Crippen molar-refractivity contribution in [2.45, 2.75) is 50.3 Å². The maximum Gasteiger partial charge on any atom is 0.0753 e. The van der Waals surface area contributed by atoms with Gasteiger partial charge in [0.05, 0.1) is 28.3 Å². The number of nitrogens with two attached hydrogens (primary N) is 1. The molecule has 0 amide bonds. The van der Waals surface area contributed by atoms with Crippen LogP contribution in [0.1, 0.15) is 44.0 Å². The van der Waals surface area contributed by atoms with Crippen molar-refractivity contribution < 1.29 is 4.21 Å². The van der Waals surface area contributed by atoms with Crippen LogP contribution in [0.3, 0.4) is 0 Å². The Kier molecular flexibility index (Phi) is 5.17. The van der Waals surface area contributed by atoms with Gasteiger partial charge in [-0.25, -0.2) is 0 Å². The largest absolute Gasteiger partial charge is 0.398 e. The molecule has 2 aromatic rings. The molecular weight excluding hydrogens is 282 g/mol. The Morgan fingerprint density at radius 2 is 2.00 bits per heavy atom. The average molecular weight is 305 g/mol. The van der Waals surface area contributed by atoms with Crippen LogP contribution in [0.2, 0.25) is 0 Å². The number of hydrogen-bond acceptors (Lipinski definition) is 3. The van der Waals surface area contributed by atoms with Gasteiger partial charge in [0.25, 0.3) is 0 Å².